The molecule has 1 atom stereocenters. The predicted octanol–water partition coefficient (Wildman–Crippen LogP) is 3.27. The van der Waals surface area contributed by atoms with Crippen molar-refractivity contribution in [3.63, 3.8) is 0 Å². The molecule has 1 fully saturated rings. The van der Waals surface area contributed by atoms with Crippen molar-refractivity contribution < 1.29 is 19.0 Å². The lowest BCUT2D eigenvalue weighted by Gasteiger charge is -2.18. The summed E-state index contributed by atoms with van der Waals surface area (Å²) in [5.41, 5.74) is 6.88. The van der Waals surface area contributed by atoms with Crippen LogP contribution >= 0.6 is 0 Å². The molecule has 0 heterocycles. The number of benzene rings is 2. The van der Waals surface area contributed by atoms with E-state index in [-0.39, 0.29) is 22.7 Å². The number of aryl methyl sites for hydroxylation is 1. The quantitative estimate of drug-likeness (QED) is 0.395. The van der Waals surface area contributed by atoms with E-state index in [1.165, 1.54) is 12.1 Å². The second-order valence-electron chi connectivity index (χ2n) is 6.77. The first kappa shape index (κ1) is 20.0. The van der Waals surface area contributed by atoms with Gasteiger partial charge in [0.25, 0.3) is 5.91 Å². The van der Waals surface area contributed by atoms with Gasteiger partial charge in [-0.25, -0.2) is 0 Å². The van der Waals surface area contributed by atoms with E-state index in [1.54, 1.807) is 24.5 Å². The van der Waals surface area contributed by atoms with Crippen molar-refractivity contribution in [1.29, 1.82) is 0 Å². The van der Waals surface area contributed by atoms with Crippen LogP contribution in [-0.4, -0.2) is 28.2 Å². The summed E-state index contributed by atoms with van der Waals surface area (Å²) in [6.45, 7) is 2.15. The molecule has 0 bridgehead atoms. The summed E-state index contributed by atoms with van der Waals surface area (Å²) in [6.07, 6.45) is 3.61. The molecule has 0 saturated heterocycles. The molecule has 9 heteroatoms. The SMILES string of the molecule is Cc1cc([S+](C)[O-])ccc1Nc1c(C(N)=O)ccc([N+](=O)[O-])c1OCC1CC1. The van der Waals surface area contributed by atoms with Gasteiger partial charge in [0.2, 0.25) is 5.75 Å². The zero-order valence-electron chi connectivity index (χ0n) is 15.6. The fraction of sp³-hybridized carbons (Fsp3) is 0.316. The van der Waals surface area contributed by atoms with Gasteiger partial charge in [-0.15, -0.1) is 0 Å². The van der Waals surface area contributed by atoms with Crippen LogP contribution in [0.4, 0.5) is 17.1 Å². The third kappa shape index (κ3) is 4.37. The normalized spacial score (nSPS) is 14.4. The molecule has 1 amide bonds. The highest BCUT2D eigenvalue weighted by molar-refractivity contribution is 7.90. The maximum Gasteiger partial charge on any atom is 0.313 e. The molecule has 1 unspecified atom stereocenters. The van der Waals surface area contributed by atoms with E-state index in [4.69, 9.17) is 10.5 Å². The second-order valence-corrected chi connectivity index (χ2v) is 8.15. The van der Waals surface area contributed by atoms with E-state index in [0.717, 1.165) is 18.4 Å². The highest BCUT2D eigenvalue weighted by Gasteiger charge is 2.28. The minimum Gasteiger partial charge on any atom is -0.612 e. The molecule has 0 radical (unpaired) electrons. The largest absolute Gasteiger partial charge is 0.612 e. The molecule has 1 aliphatic rings. The Bertz CT molecular complexity index is 928. The summed E-state index contributed by atoms with van der Waals surface area (Å²) < 4.78 is 17.4. The Balaban J connectivity index is 2.06. The minimum atomic E-state index is -1.14. The molecule has 2 aromatic rings. The zero-order chi connectivity index (χ0) is 20.4. The van der Waals surface area contributed by atoms with Crippen molar-refractivity contribution >= 4 is 34.1 Å². The number of carbonyl (C=O) groups is 1. The average molecular weight is 403 g/mol. The van der Waals surface area contributed by atoms with Crippen LogP contribution in [0.3, 0.4) is 0 Å². The Labute approximate surface area is 165 Å². The lowest BCUT2D eigenvalue weighted by Crippen LogP contribution is -2.15. The zero-order valence-corrected chi connectivity index (χ0v) is 16.4. The number of rotatable bonds is 8. The first-order chi connectivity index (χ1) is 13.3. The number of nitrogens with zero attached hydrogens (tertiary/aromatic N) is 1. The number of hydrogen-bond acceptors (Lipinski definition) is 6. The highest BCUT2D eigenvalue weighted by atomic mass is 32.2. The maximum absolute atomic E-state index is 11.9. The van der Waals surface area contributed by atoms with E-state index in [2.05, 4.69) is 5.32 Å². The van der Waals surface area contributed by atoms with Crippen LogP contribution in [0, 0.1) is 23.0 Å². The van der Waals surface area contributed by atoms with Crippen molar-refractivity contribution in [2.45, 2.75) is 24.7 Å². The lowest BCUT2D eigenvalue weighted by molar-refractivity contribution is -0.385. The summed E-state index contributed by atoms with van der Waals surface area (Å²) in [4.78, 5) is 23.6. The summed E-state index contributed by atoms with van der Waals surface area (Å²) in [6, 6.07) is 7.70. The number of ether oxygens (including phenoxy) is 1. The molecule has 1 saturated carbocycles. The van der Waals surface area contributed by atoms with E-state index in [1.807, 2.05) is 6.92 Å². The first-order valence-corrected chi connectivity index (χ1v) is 10.3. The van der Waals surface area contributed by atoms with Crippen LogP contribution < -0.4 is 15.8 Å². The standard InChI is InChI=1S/C19H21N3O5S/c1-11-9-13(28(2)26)5-7-15(11)21-17-14(19(20)23)6-8-16(22(24)25)18(17)27-10-12-3-4-12/h5-9,12,21H,3-4,10H2,1-2H3,(H2,20,23). The van der Waals surface area contributed by atoms with Gasteiger partial charge in [0, 0.05) is 11.8 Å². The predicted molar refractivity (Wildman–Crippen MR) is 107 cm³/mol. The fourth-order valence-corrected chi connectivity index (χ4v) is 3.37. The van der Waals surface area contributed by atoms with Crippen molar-refractivity contribution in [2.75, 3.05) is 18.2 Å². The number of nitrogens with one attached hydrogen (secondary N) is 1. The monoisotopic (exact) mass is 403 g/mol. The Morgan fingerprint density at radius 2 is 2.07 bits per heavy atom. The maximum atomic E-state index is 11.9. The van der Waals surface area contributed by atoms with Gasteiger partial charge in [0.05, 0.1) is 17.1 Å². The average Bonchev–Trinajstić information content (AvgIpc) is 3.45. The molecular weight excluding hydrogens is 382 g/mol. The van der Waals surface area contributed by atoms with E-state index >= 15 is 0 Å². The summed E-state index contributed by atoms with van der Waals surface area (Å²) >= 11 is -1.14. The Morgan fingerprint density at radius 3 is 2.61 bits per heavy atom. The number of nitro groups is 1. The Kier molecular flexibility index (Phi) is 5.76. The van der Waals surface area contributed by atoms with Crippen molar-refractivity contribution in [1.82, 2.24) is 0 Å². The van der Waals surface area contributed by atoms with E-state index < -0.39 is 22.0 Å². The molecule has 0 aromatic heterocycles. The second kappa shape index (κ2) is 8.07. The van der Waals surface area contributed by atoms with Crippen molar-refractivity contribution in [2.24, 2.45) is 11.7 Å². The number of anilines is 2. The number of hydrogen-bond donors (Lipinski definition) is 2. The van der Waals surface area contributed by atoms with Crippen LogP contribution in [-0.2, 0) is 11.2 Å². The summed E-state index contributed by atoms with van der Waals surface area (Å²) in [5, 5.41) is 14.6. The minimum absolute atomic E-state index is 0.00394. The van der Waals surface area contributed by atoms with Gasteiger partial charge in [-0.1, -0.05) is 0 Å². The fourth-order valence-electron chi connectivity index (χ4n) is 2.77. The summed E-state index contributed by atoms with van der Waals surface area (Å²) in [5.74, 6) is -0.362. The Hall–Kier alpha value is -2.78. The van der Waals surface area contributed by atoms with Crippen LogP contribution in [0.5, 0.6) is 5.75 Å². The number of amides is 1. The number of primary amides is 1. The number of nitro benzene ring substituents is 1. The molecule has 0 spiro atoms. The van der Waals surface area contributed by atoms with Gasteiger partial charge in [-0.05, 0) is 66.7 Å². The molecule has 8 nitrogen and oxygen atoms in total. The van der Waals surface area contributed by atoms with Crippen LogP contribution in [0.1, 0.15) is 28.8 Å². The van der Waals surface area contributed by atoms with Gasteiger partial charge in [0.1, 0.15) is 11.9 Å². The van der Waals surface area contributed by atoms with Crippen molar-refractivity contribution in [3.8, 4) is 5.75 Å². The summed E-state index contributed by atoms with van der Waals surface area (Å²) in [7, 11) is 0. The molecule has 0 aliphatic heterocycles. The highest BCUT2D eigenvalue weighted by Crippen LogP contribution is 2.41. The molecule has 148 valence electrons. The van der Waals surface area contributed by atoms with Gasteiger partial charge < -0.3 is 20.3 Å². The number of nitrogens with two attached hydrogens (primary N) is 1. The van der Waals surface area contributed by atoms with Crippen LogP contribution in [0.25, 0.3) is 0 Å². The third-order valence-corrected chi connectivity index (χ3v) is 5.47. The van der Waals surface area contributed by atoms with Crippen molar-refractivity contribution in [3.05, 3.63) is 51.6 Å². The van der Waals surface area contributed by atoms with Crippen LogP contribution in [0.15, 0.2) is 35.2 Å². The molecule has 2 aromatic carbocycles. The molecule has 1 aliphatic carbocycles. The first-order valence-electron chi connectivity index (χ1n) is 8.73. The van der Waals surface area contributed by atoms with Gasteiger partial charge >= 0.3 is 5.69 Å². The van der Waals surface area contributed by atoms with Gasteiger partial charge in [0.15, 0.2) is 4.90 Å². The lowest BCUT2D eigenvalue weighted by atomic mass is 10.1. The van der Waals surface area contributed by atoms with Crippen LogP contribution in [0.2, 0.25) is 0 Å². The molecule has 3 N–H and O–H groups in total. The van der Waals surface area contributed by atoms with E-state index in [9.17, 15) is 19.5 Å². The van der Waals surface area contributed by atoms with Gasteiger partial charge in [-0.2, -0.15) is 0 Å². The molecule has 28 heavy (non-hydrogen) atoms. The molecular formula is C19H21N3O5S. The smallest absolute Gasteiger partial charge is 0.313 e. The number of carbonyl (C=O) groups excluding carboxylic acids is 1. The Morgan fingerprint density at radius 1 is 1.36 bits per heavy atom. The topological polar surface area (TPSA) is 131 Å². The molecule has 3 rings (SSSR count). The van der Waals surface area contributed by atoms with Gasteiger partial charge in [-0.3, -0.25) is 14.9 Å². The third-order valence-electron chi connectivity index (χ3n) is 4.55. The van der Waals surface area contributed by atoms with E-state index in [0.29, 0.717) is 23.1 Å².